The fourth-order valence-electron chi connectivity index (χ4n) is 2.38. The van der Waals surface area contributed by atoms with Gasteiger partial charge < -0.3 is 10.6 Å². The Labute approximate surface area is 128 Å². The van der Waals surface area contributed by atoms with Gasteiger partial charge in [0.2, 0.25) is 10.0 Å². The average Bonchev–Trinajstić information content (AvgIpc) is 2.86. The van der Waals surface area contributed by atoms with E-state index in [0.717, 1.165) is 19.6 Å². The number of benzene rings is 1. The molecular weight excluding hydrogens is 342 g/mol. The van der Waals surface area contributed by atoms with Crippen molar-refractivity contribution in [2.24, 2.45) is 0 Å². The summed E-state index contributed by atoms with van der Waals surface area (Å²) in [6.45, 7) is 5.07. The molecule has 1 aromatic rings. The third-order valence-corrected chi connectivity index (χ3v) is 5.79. The van der Waals surface area contributed by atoms with E-state index in [-0.39, 0.29) is 4.90 Å². The molecule has 2 rings (SSSR count). The number of nitrogen functional groups attached to an aromatic ring is 1. The molecule has 1 fully saturated rings. The normalized spacial score (nSPS) is 16.7. The van der Waals surface area contributed by atoms with Crippen molar-refractivity contribution >= 4 is 31.6 Å². The van der Waals surface area contributed by atoms with Crippen LogP contribution in [0.1, 0.15) is 18.4 Å². The Balaban J connectivity index is 2.04. The van der Waals surface area contributed by atoms with Gasteiger partial charge in [-0.1, -0.05) is 0 Å². The molecule has 1 aromatic carbocycles. The second-order valence-electron chi connectivity index (χ2n) is 5.09. The second-order valence-corrected chi connectivity index (χ2v) is 7.68. The summed E-state index contributed by atoms with van der Waals surface area (Å²) in [4.78, 5) is 2.52. The highest BCUT2D eigenvalue weighted by Crippen LogP contribution is 2.26. The maximum absolute atomic E-state index is 12.3. The highest BCUT2D eigenvalue weighted by Gasteiger charge is 2.19. The third-order valence-electron chi connectivity index (χ3n) is 3.50. The standard InChI is InChI=1S/C13H20BrN3O2S/c1-10-8-11(14)12(15)9-13(10)20(18,19)16-4-7-17-5-2-3-6-17/h8-9,16H,2-7,15H2,1H3. The number of sulfonamides is 1. The summed E-state index contributed by atoms with van der Waals surface area (Å²) in [5.41, 5.74) is 6.87. The molecule has 0 aromatic heterocycles. The van der Waals surface area contributed by atoms with Crippen LogP contribution in [0.4, 0.5) is 5.69 Å². The molecule has 1 aliphatic rings. The Morgan fingerprint density at radius 2 is 2.00 bits per heavy atom. The first kappa shape index (κ1) is 15.8. The van der Waals surface area contributed by atoms with Crippen molar-refractivity contribution in [3.63, 3.8) is 0 Å². The number of nitrogens with zero attached hydrogens (tertiary/aromatic N) is 1. The Morgan fingerprint density at radius 1 is 1.35 bits per heavy atom. The summed E-state index contributed by atoms with van der Waals surface area (Å²) in [6, 6.07) is 3.22. The molecular formula is C13H20BrN3O2S. The van der Waals surface area contributed by atoms with Gasteiger partial charge >= 0.3 is 0 Å². The van der Waals surface area contributed by atoms with E-state index < -0.39 is 10.0 Å². The van der Waals surface area contributed by atoms with Crippen LogP contribution in [-0.2, 0) is 10.0 Å². The topological polar surface area (TPSA) is 75.4 Å². The molecule has 1 heterocycles. The highest BCUT2D eigenvalue weighted by molar-refractivity contribution is 9.10. The van der Waals surface area contributed by atoms with Gasteiger partial charge in [0.05, 0.1) is 4.90 Å². The van der Waals surface area contributed by atoms with Gasteiger partial charge in [0.15, 0.2) is 0 Å². The van der Waals surface area contributed by atoms with Gasteiger partial charge in [0, 0.05) is 23.2 Å². The number of nitrogens with one attached hydrogen (secondary N) is 1. The molecule has 0 atom stereocenters. The van der Waals surface area contributed by atoms with Gasteiger partial charge in [-0.3, -0.25) is 0 Å². The van der Waals surface area contributed by atoms with Gasteiger partial charge in [-0.2, -0.15) is 0 Å². The summed E-state index contributed by atoms with van der Waals surface area (Å²) >= 11 is 3.30. The van der Waals surface area contributed by atoms with Gasteiger partial charge in [0.25, 0.3) is 0 Å². The minimum Gasteiger partial charge on any atom is -0.398 e. The van der Waals surface area contributed by atoms with Crippen molar-refractivity contribution in [2.75, 3.05) is 31.9 Å². The predicted molar refractivity (Wildman–Crippen MR) is 84.2 cm³/mol. The van der Waals surface area contributed by atoms with E-state index in [1.54, 1.807) is 13.0 Å². The molecule has 0 aliphatic carbocycles. The molecule has 112 valence electrons. The SMILES string of the molecule is Cc1cc(Br)c(N)cc1S(=O)(=O)NCCN1CCCC1. The highest BCUT2D eigenvalue weighted by atomic mass is 79.9. The minimum absolute atomic E-state index is 0.250. The lowest BCUT2D eigenvalue weighted by Crippen LogP contribution is -2.33. The summed E-state index contributed by atoms with van der Waals surface area (Å²) in [7, 11) is -3.50. The molecule has 1 saturated heterocycles. The zero-order valence-electron chi connectivity index (χ0n) is 11.5. The second kappa shape index (κ2) is 6.43. The lowest BCUT2D eigenvalue weighted by Gasteiger charge is -2.16. The van der Waals surface area contributed by atoms with E-state index in [4.69, 9.17) is 5.73 Å². The summed E-state index contributed by atoms with van der Waals surface area (Å²) in [6.07, 6.45) is 2.41. The number of aryl methyl sites for hydroxylation is 1. The molecule has 20 heavy (non-hydrogen) atoms. The van der Waals surface area contributed by atoms with Gasteiger partial charge in [-0.05, 0) is 66.5 Å². The number of hydrogen-bond donors (Lipinski definition) is 2. The average molecular weight is 362 g/mol. The molecule has 7 heteroatoms. The largest absolute Gasteiger partial charge is 0.398 e. The number of anilines is 1. The van der Waals surface area contributed by atoms with Crippen molar-refractivity contribution in [3.05, 3.63) is 22.2 Å². The van der Waals surface area contributed by atoms with E-state index in [1.807, 2.05) is 0 Å². The first-order valence-electron chi connectivity index (χ1n) is 6.68. The molecule has 0 spiro atoms. The van der Waals surface area contributed by atoms with Crippen LogP contribution in [0.15, 0.2) is 21.5 Å². The maximum atomic E-state index is 12.3. The number of likely N-dealkylation sites (tertiary alicyclic amines) is 1. The van der Waals surface area contributed by atoms with E-state index in [0.29, 0.717) is 22.3 Å². The van der Waals surface area contributed by atoms with E-state index in [2.05, 4.69) is 25.6 Å². The minimum atomic E-state index is -3.50. The molecule has 5 nitrogen and oxygen atoms in total. The quantitative estimate of drug-likeness (QED) is 0.782. The van der Waals surface area contributed by atoms with Gasteiger partial charge in [0.1, 0.15) is 0 Å². The summed E-state index contributed by atoms with van der Waals surface area (Å²) in [5, 5.41) is 0. The summed E-state index contributed by atoms with van der Waals surface area (Å²) < 4.78 is 27.9. The summed E-state index contributed by atoms with van der Waals surface area (Å²) in [5.74, 6) is 0. The van der Waals surface area contributed by atoms with Crippen LogP contribution in [0.3, 0.4) is 0 Å². The zero-order valence-corrected chi connectivity index (χ0v) is 13.9. The monoisotopic (exact) mass is 361 g/mol. The van der Waals surface area contributed by atoms with E-state index in [9.17, 15) is 8.42 Å². The zero-order chi connectivity index (χ0) is 14.8. The Kier molecular flexibility index (Phi) is 5.06. The van der Waals surface area contributed by atoms with Crippen molar-refractivity contribution < 1.29 is 8.42 Å². The van der Waals surface area contributed by atoms with Crippen molar-refractivity contribution in [2.45, 2.75) is 24.7 Å². The van der Waals surface area contributed by atoms with E-state index >= 15 is 0 Å². The maximum Gasteiger partial charge on any atom is 0.240 e. The molecule has 3 N–H and O–H groups in total. The fraction of sp³-hybridized carbons (Fsp3) is 0.538. The Hall–Kier alpha value is -0.630. The molecule has 1 aliphatic heterocycles. The molecule has 0 unspecified atom stereocenters. The van der Waals surface area contributed by atoms with Crippen molar-refractivity contribution in [1.29, 1.82) is 0 Å². The molecule has 0 amide bonds. The lowest BCUT2D eigenvalue weighted by atomic mass is 10.2. The van der Waals surface area contributed by atoms with Crippen LogP contribution in [0.25, 0.3) is 0 Å². The van der Waals surface area contributed by atoms with Crippen LogP contribution >= 0.6 is 15.9 Å². The van der Waals surface area contributed by atoms with Gasteiger partial charge in [-0.25, -0.2) is 13.1 Å². The molecule has 0 radical (unpaired) electrons. The van der Waals surface area contributed by atoms with E-state index in [1.165, 1.54) is 18.9 Å². The third kappa shape index (κ3) is 3.72. The van der Waals surface area contributed by atoms with Crippen LogP contribution in [0, 0.1) is 6.92 Å². The number of rotatable bonds is 5. The van der Waals surface area contributed by atoms with Crippen LogP contribution in [-0.4, -0.2) is 39.5 Å². The van der Waals surface area contributed by atoms with Crippen molar-refractivity contribution in [1.82, 2.24) is 9.62 Å². The molecule has 0 bridgehead atoms. The fourth-order valence-corrected chi connectivity index (χ4v) is 4.12. The Morgan fingerprint density at radius 3 is 2.65 bits per heavy atom. The van der Waals surface area contributed by atoms with Crippen LogP contribution < -0.4 is 10.5 Å². The first-order chi connectivity index (χ1) is 9.40. The van der Waals surface area contributed by atoms with Crippen LogP contribution in [0.2, 0.25) is 0 Å². The number of nitrogens with two attached hydrogens (primary N) is 1. The Bertz CT molecular complexity index is 584. The van der Waals surface area contributed by atoms with Crippen LogP contribution in [0.5, 0.6) is 0 Å². The van der Waals surface area contributed by atoms with Gasteiger partial charge in [-0.15, -0.1) is 0 Å². The first-order valence-corrected chi connectivity index (χ1v) is 8.95. The molecule has 0 saturated carbocycles. The van der Waals surface area contributed by atoms with Crippen molar-refractivity contribution in [3.8, 4) is 0 Å². The number of hydrogen-bond acceptors (Lipinski definition) is 4. The smallest absolute Gasteiger partial charge is 0.240 e. The predicted octanol–water partition coefficient (Wildman–Crippen LogP) is 1.71. The lowest BCUT2D eigenvalue weighted by molar-refractivity contribution is 0.344. The number of halogens is 1.